The Bertz CT molecular complexity index is 1220. The number of benzene rings is 2. The summed E-state index contributed by atoms with van der Waals surface area (Å²) in [4.78, 5) is 12.3. The van der Waals surface area contributed by atoms with E-state index in [2.05, 4.69) is 20.6 Å². The Labute approximate surface area is 186 Å². The van der Waals surface area contributed by atoms with E-state index in [1.165, 1.54) is 5.56 Å². The maximum Gasteiger partial charge on any atom is 0.260 e. The molecule has 2 heterocycles. The Hall–Kier alpha value is -3.94. The highest BCUT2D eigenvalue weighted by molar-refractivity contribution is 5.80. The highest BCUT2D eigenvalue weighted by atomic mass is 16.5. The van der Waals surface area contributed by atoms with Crippen LogP contribution >= 0.6 is 0 Å². The summed E-state index contributed by atoms with van der Waals surface area (Å²) in [5.74, 6) is 1.52. The van der Waals surface area contributed by atoms with E-state index in [1.54, 1.807) is 23.6 Å². The van der Waals surface area contributed by atoms with Crippen LogP contribution in [-0.2, 0) is 4.79 Å². The molecular weight excluding hydrogens is 406 g/mol. The van der Waals surface area contributed by atoms with Gasteiger partial charge in [0.15, 0.2) is 17.6 Å². The van der Waals surface area contributed by atoms with Gasteiger partial charge in [-0.05, 0) is 50.1 Å². The third-order valence-corrected chi connectivity index (χ3v) is 5.08. The zero-order valence-corrected chi connectivity index (χ0v) is 18.3. The molecule has 32 heavy (non-hydrogen) atoms. The second kappa shape index (κ2) is 9.47. The monoisotopic (exact) mass is 431 g/mol. The van der Waals surface area contributed by atoms with E-state index < -0.39 is 6.10 Å². The van der Waals surface area contributed by atoms with Crippen LogP contribution in [0.3, 0.4) is 0 Å². The predicted octanol–water partition coefficient (Wildman–Crippen LogP) is 3.37. The standard InChI is InChI=1S/C24H25N5O3/c1-16-9-10-20(15-17(16)2)32-18(3)24(30)25-13-14-31-22-12-11-21-26-27-23(29(21)28-22)19-7-5-4-6-8-19/h4-12,15,18H,13-14H2,1-3H3,(H,25,30). The summed E-state index contributed by atoms with van der Waals surface area (Å²) < 4.78 is 13.1. The highest BCUT2D eigenvalue weighted by Crippen LogP contribution is 2.19. The van der Waals surface area contributed by atoms with Gasteiger partial charge in [0.2, 0.25) is 5.88 Å². The van der Waals surface area contributed by atoms with Gasteiger partial charge in [0.05, 0.1) is 6.54 Å². The number of aromatic nitrogens is 4. The number of carbonyl (C=O) groups is 1. The quantitative estimate of drug-likeness (QED) is 0.430. The van der Waals surface area contributed by atoms with Gasteiger partial charge in [-0.3, -0.25) is 4.79 Å². The minimum atomic E-state index is -0.614. The molecule has 0 fully saturated rings. The van der Waals surface area contributed by atoms with Crippen LogP contribution in [-0.4, -0.2) is 45.0 Å². The van der Waals surface area contributed by atoms with Crippen molar-refractivity contribution in [2.75, 3.05) is 13.2 Å². The zero-order valence-electron chi connectivity index (χ0n) is 18.3. The normalized spacial score (nSPS) is 11.8. The number of carbonyl (C=O) groups excluding carboxylic acids is 1. The molecule has 0 aliphatic rings. The number of rotatable bonds is 8. The highest BCUT2D eigenvalue weighted by Gasteiger charge is 2.15. The van der Waals surface area contributed by atoms with Crippen molar-refractivity contribution < 1.29 is 14.3 Å². The molecule has 1 atom stereocenters. The first-order valence-electron chi connectivity index (χ1n) is 10.4. The molecule has 0 saturated carbocycles. The molecule has 1 amide bonds. The molecule has 164 valence electrons. The van der Waals surface area contributed by atoms with Crippen LogP contribution in [0.4, 0.5) is 0 Å². The molecule has 0 spiro atoms. The molecule has 0 saturated heterocycles. The zero-order chi connectivity index (χ0) is 22.5. The number of amides is 1. The summed E-state index contributed by atoms with van der Waals surface area (Å²) in [6.45, 7) is 6.36. The average Bonchev–Trinajstić information content (AvgIpc) is 3.23. The first-order valence-corrected chi connectivity index (χ1v) is 10.4. The van der Waals surface area contributed by atoms with Gasteiger partial charge in [-0.25, -0.2) is 0 Å². The van der Waals surface area contributed by atoms with Crippen molar-refractivity contribution in [2.45, 2.75) is 26.9 Å². The number of ether oxygens (including phenoxy) is 2. The molecule has 0 aliphatic heterocycles. The van der Waals surface area contributed by atoms with E-state index in [0.717, 1.165) is 11.1 Å². The van der Waals surface area contributed by atoms with Crippen molar-refractivity contribution in [1.82, 2.24) is 25.1 Å². The van der Waals surface area contributed by atoms with Gasteiger partial charge < -0.3 is 14.8 Å². The maximum absolute atomic E-state index is 12.3. The number of nitrogens with zero attached hydrogens (tertiary/aromatic N) is 4. The van der Waals surface area contributed by atoms with Gasteiger partial charge in [-0.1, -0.05) is 36.4 Å². The first kappa shape index (κ1) is 21.3. The van der Waals surface area contributed by atoms with Gasteiger partial charge in [0, 0.05) is 11.6 Å². The van der Waals surface area contributed by atoms with E-state index >= 15 is 0 Å². The molecule has 8 nitrogen and oxygen atoms in total. The minimum Gasteiger partial charge on any atom is -0.481 e. The van der Waals surface area contributed by atoms with Gasteiger partial charge in [0.1, 0.15) is 12.4 Å². The Morgan fingerprint density at radius 1 is 1.03 bits per heavy atom. The second-order valence-electron chi connectivity index (χ2n) is 7.48. The SMILES string of the molecule is Cc1ccc(OC(C)C(=O)NCCOc2ccc3nnc(-c4ccccc4)n3n2)cc1C. The number of hydrogen-bond donors (Lipinski definition) is 1. The average molecular weight is 431 g/mol. The van der Waals surface area contributed by atoms with E-state index in [9.17, 15) is 4.79 Å². The Balaban J connectivity index is 1.30. The summed E-state index contributed by atoms with van der Waals surface area (Å²) in [5, 5.41) is 15.6. The molecule has 0 bridgehead atoms. The fraction of sp³-hybridized carbons (Fsp3) is 0.250. The third-order valence-electron chi connectivity index (χ3n) is 5.08. The number of hydrogen-bond acceptors (Lipinski definition) is 6. The van der Waals surface area contributed by atoms with E-state index in [4.69, 9.17) is 9.47 Å². The van der Waals surface area contributed by atoms with Crippen molar-refractivity contribution in [3.8, 4) is 23.0 Å². The summed E-state index contributed by atoms with van der Waals surface area (Å²) in [6.07, 6.45) is -0.614. The third kappa shape index (κ3) is 4.85. The second-order valence-corrected chi connectivity index (χ2v) is 7.48. The van der Waals surface area contributed by atoms with Crippen molar-refractivity contribution in [3.63, 3.8) is 0 Å². The molecule has 2 aromatic heterocycles. The molecule has 1 N–H and O–H groups in total. The van der Waals surface area contributed by atoms with Crippen LogP contribution in [0.5, 0.6) is 11.6 Å². The van der Waals surface area contributed by atoms with Crippen LogP contribution in [0.2, 0.25) is 0 Å². The molecule has 4 rings (SSSR count). The summed E-state index contributed by atoms with van der Waals surface area (Å²) in [7, 11) is 0. The van der Waals surface area contributed by atoms with E-state index in [-0.39, 0.29) is 12.5 Å². The smallest absolute Gasteiger partial charge is 0.260 e. The van der Waals surface area contributed by atoms with Crippen molar-refractivity contribution in [2.24, 2.45) is 0 Å². The number of aryl methyl sites for hydroxylation is 2. The van der Waals surface area contributed by atoms with Gasteiger partial charge in [-0.2, -0.15) is 4.52 Å². The van der Waals surface area contributed by atoms with Gasteiger partial charge in [-0.15, -0.1) is 15.3 Å². The number of nitrogens with one attached hydrogen (secondary N) is 1. The predicted molar refractivity (Wildman–Crippen MR) is 121 cm³/mol. The summed E-state index contributed by atoms with van der Waals surface area (Å²) >= 11 is 0. The molecular formula is C24H25N5O3. The molecule has 1 unspecified atom stereocenters. The number of fused-ring (bicyclic) bond motifs is 1. The summed E-state index contributed by atoms with van der Waals surface area (Å²) in [6, 6.07) is 19.0. The Morgan fingerprint density at radius 3 is 2.62 bits per heavy atom. The Kier molecular flexibility index (Phi) is 6.30. The van der Waals surface area contributed by atoms with Crippen LogP contribution < -0.4 is 14.8 Å². The van der Waals surface area contributed by atoms with Gasteiger partial charge in [0.25, 0.3) is 5.91 Å². The summed E-state index contributed by atoms with van der Waals surface area (Å²) in [5.41, 5.74) is 3.84. The topological polar surface area (TPSA) is 90.6 Å². The van der Waals surface area contributed by atoms with Crippen LogP contribution in [0.15, 0.2) is 60.7 Å². The molecule has 4 aromatic rings. The van der Waals surface area contributed by atoms with E-state index in [1.807, 2.05) is 62.4 Å². The fourth-order valence-corrected chi connectivity index (χ4v) is 3.13. The maximum atomic E-state index is 12.3. The lowest BCUT2D eigenvalue weighted by molar-refractivity contribution is -0.127. The molecule has 8 heteroatoms. The molecule has 2 aromatic carbocycles. The lowest BCUT2D eigenvalue weighted by atomic mass is 10.1. The minimum absolute atomic E-state index is 0.208. The lowest BCUT2D eigenvalue weighted by Gasteiger charge is -2.15. The molecule has 0 aliphatic carbocycles. The van der Waals surface area contributed by atoms with E-state index in [0.29, 0.717) is 29.6 Å². The van der Waals surface area contributed by atoms with Crippen molar-refractivity contribution in [3.05, 3.63) is 71.8 Å². The van der Waals surface area contributed by atoms with Crippen LogP contribution in [0, 0.1) is 13.8 Å². The van der Waals surface area contributed by atoms with Crippen molar-refractivity contribution >= 4 is 11.6 Å². The Morgan fingerprint density at radius 2 is 1.84 bits per heavy atom. The van der Waals surface area contributed by atoms with Crippen LogP contribution in [0.25, 0.3) is 17.0 Å². The first-order chi connectivity index (χ1) is 15.5. The largest absolute Gasteiger partial charge is 0.481 e. The molecule has 0 radical (unpaired) electrons. The van der Waals surface area contributed by atoms with Crippen LogP contribution in [0.1, 0.15) is 18.1 Å². The fourth-order valence-electron chi connectivity index (χ4n) is 3.13. The van der Waals surface area contributed by atoms with Gasteiger partial charge >= 0.3 is 0 Å². The lowest BCUT2D eigenvalue weighted by Crippen LogP contribution is -2.38. The van der Waals surface area contributed by atoms with Crippen molar-refractivity contribution in [1.29, 1.82) is 0 Å².